The first-order valence-corrected chi connectivity index (χ1v) is 14.8. The summed E-state index contributed by atoms with van der Waals surface area (Å²) in [6, 6.07) is 7.08. The molecule has 2 saturated heterocycles. The van der Waals surface area contributed by atoms with Gasteiger partial charge in [0.15, 0.2) is 17.4 Å². The predicted octanol–water partition coefficient (Wildman–Crippen LogP) is 4.21. The fourth-order valence-corrected chi connectivity index (χ4v) is 5.58. The van der Waals surface area contributed by atoms with Crippen LogP contribution in [0.15, 0.2) is 47.9 Å². The lowest BCUT2D eigenvalue weighted by atomic mass is 9.96. The van der Waals surface area contributed by atoms with Gasteiger partial charge in [0, 0.05) is 50.0 Å². The predicted molar refractivity (Wildman–Crippen MR) is 168 cm³/mol. The number of hydrogen-bond acceptors (Lipinski definition) is 11. The van der Waals surface area contributed by atoms with E-state index in [-0.39, 0.29) is 5.91 Å². The van der Waals surface area contributed by atoms with Gasteiger partial charge in [-0.3, -0.25) is 9.69 Å². The van der Waals surface area contributed by atoms with Gasteiger partial charge in [-0.2, -0.15) is 0 Å². The van der Waals surface area contributed by atoms with Gasteiger partial charge < -0.3 is 25.0 Å². The first-order chi connectivity index (χ1) is 20.8. The molecule has 0 spiro atoms. The molecule has 2 fully saturated rings. The third kappa shape index (κ3) is 6.65. The molecule has 0 aliphatic carbocycles. The molecule has 43 heavy (non-hydrogen) atoms. The number of aryl methyl sites for hydroxylation is 1. The molecule has 5 heterocycles. The number of piperidine rings is 1. The van der Waals surface area contributed by atoms with Crippen LogP contribution in [-0.2, 0) is 0 Å². The zero-order chi connectivity index (χ0) is 29.9. The number of anilines is 4. The second-order valence-electron chi connectivity index (χ2n) is 11.6. The number of carbonyl (C=O) groups excluding carboxylic acids is 1. The standard InChI is InChI=1S/C31H38N10O2/c1-20(2)26-16-27(38-43-26)36-30(42)23-6-5-21(3)24(15-23)35-29-28-25(33-19-34-29)17-32-31(37-28)41-13-11-40(12-14-41)18-22-7-9-39(4)10-8-22/h5-6,15-17,19,22H,1,7-14,18H2,2-4H3,(H,33,34,35)(H,36,38,42). The molecule has 4 aromatic rings. The number of allylic oxidation sites excluding steroid dienone is 1. The molecule has 0 unspecified atom stereocenters. The summed E-state index contributed by atoms with van der Waals surface area (Å²) >= 11 is 0. The summed E-state index contributed by atoms with van der Waals surface area (Å²) in [4.78, 5) is 38.7. The quantitative estimate of drug-likeness (QED) is 0.310. The number of likely N-dealkylation sites (tertiary alicyclic amines) is 1. The minimum absolute atomic E-state index is 0.309. The van der Waals surface area contributed by atoms with Gasteiger partial charge in [0.1, 0.15) is 17.4 Å². The van der Waals surface area contributed by atoms with Crippen molar-refractivity contribution in [3.63, 3.8) is 0 Å². The van der Waals surface area contributed by atoms with Crippen molar-refractivity contribution in [1.29, 1.82) is 0 Å². The van der Waals surface area contributed by atoms with Gasteiger partial charge in [0.05, 0.1) is 6.20 Å². The van der Waals surface area contributed by atoms with Crippen LogP contribution in [0.25, 0.3) is 16.6 Å². The largest absolute Gasteiger partial charge is 0.354 e. The summed E-state index contributed by atoms with van der Waals surface area (Å²) in [5.74, 6) is 2.56. The summed E-state index contributed by atoms with van der Waals surface area (Å²) in [7, 11) is 2.21. The van der Waals surface area contributed by atoms with Gasteiger partial charge in [-0.05, 0) is 76.0 Å². The Balaban J connectivity index is 1.15. The van der Waals surface area contributed by atoms with Crippen molar-refractivity contribution < 1.29 is 9.32 Å². The maximum absolute atomic E-state index is 13.0. The van der Waals surface area contributed by atoms with E-state index >= 15 is 0 Å². The fraction of sp³-hybridized carbons (Fsp3) is 0.419. The van der Waals surface area contributed by atoms with Crippen molar-refractivity contribution in [2.45, 2.75) is 26.7 Å². The van der Waals surface area contributed by atoms with E-state index in [1.165, 1.54) is 38.8 Å². The van der Waals surface area contributed by atoms with Crippen LogP contribution >= 0.6 is 0 Å². The van der Waals surface area contributed by atoms with E-state index < -0.39 is 0 Å². The number of piperazine rings is 1. The SMILES string of the molecule is C=C(C)c1cc(NC(=O)c2ccc(C)c(Nc3ncnc4cnc(N5CCN(CC6CCN(C)CC6)CC5)nc34)c2)no1. The second-order valence-corrected chi connectivity index (χ2v) is 11.6. The van der Waals surface area contributed by atoms with E-state index in [1.54, 1.807) is 24.4 Å². The minimum Gasteiger partial charge on any atom is -0.354 e. The lowest BCUT2D eigenvalue weighted by Crippen LogP contribution is -2.49. The average Bonchev–Trinajstić information content (AvgIpc) is 3.49. The van der Waals surface area contributed by atoms with E-state index in [9.17, 15) is 4.79 Å². The van der Waals surface area contributed by atoms with Crippen molar-refractivity contribution in [2.75, 3.05) is 68.4 Å². The Bertz CT molecular complexity index is 1620. The van der Waals surface area contributed by atoms with Crippen molar-refractivity contribution in [1.82, 2.24) is 34.9 Å². The van der Waals surface area contributed by atoms with Crippen LogP contribution < -0.4 is 15.5 Å². The Morgan fingerprint density at radius 2 is 1.86 bits per heavy atom. The third-order valence-electron chi connectivity index (χ3n) is 8.30. The topological polar surface area (TPSA) is 128 Å². The van der Waals surface area contributed by atoms with E-state index in [2.05, 4.69) is 59.1 Å². The second kappa shape index (κ2) is 12.4. The van der Waals surface area contributed by atoms with Crippen LogP contribution in [-0.4, -0.2) is 93.7 Å². The monoisotopic (exact) mass is 582 g/mol. The van der Waals surface area contributed by atoms with Gasteiger partial charge in [0.2, 0.25) is 5.95 Å². The highest BCUT2D eigenvalue weighted by atomic mass is 16.5. The van der Waals surface area contributed by atoms with Crippen LogP contribution in [0.2, 0.25) is 0 Å². The van der Waals surface area contributed by atoms with Crippen molar-refractivity contribution in [3.8, 4) is 0 Å². The van der Waals surface area contributed by atoms with Gasteiger partial charge in [-0.15, -0.1) is 0 Å². The molecule has 0 atom stereocenters. The summed E-state index contributed by atoms with van der Waals surface area (Å²) < 4.78 is 5.21. The highest BCUT2D eigenvalue weighted by Gasteiger charge is 2.24. The van der Waals surface area contributed by atoms with E-state index in [0.29, 0.717) is 39.9 Å². The van der Waals surface area contributed by atoms with Crippen molar-refractivity contribution in [2.24, 2.45) is 5.92 Å². The third-order valence-corrected chi connectivity index (χ3v) is 8.30. The van der Waals surface area contributed by atoms with Gasteiger partial charge in [-0.25, -0.2) is 19.9 Å². The molecule has 224 valence electrons. The van der Waals surface area contributed by atoms with Crippen LogP contribution in [0.1, 0.15) is 41.4 Å². The molecule has 2 aliphatic heterocycles. The summed E-state index contributed by atoms with van der Waals surface area (Å²) in [5.41, 5.74) is 4.14. The molecular formula is C31H38N10O2. The molecule has 2 N–H and O–H groups in total. The first-order valence-electron chi connectivity index (χ1n) is 14.8. The number of nitrogens with zero attached hydrogens (tertiary/aromatic N) is 8. The molecular weight excluding hydrogens is 544 g/mol. The van der Waals surface area contributed by atoms with Crippen LogP contribution in [0.3, 0.4) is 0 Å². The van der Waals surface area contributed by atoms with Gasteiger partial charge in [-0.1, -0.05) is 17.8 Å². The number of nitrogens with one attached hydrogen (secondary N) is 2. The highest BCUT2D eigenvalue weighted by Crippen LogP contribution is 2.27. The number of amides is 1. The van der Waals surface area contributed by atoms with Crippen molar-refractivity contribution in [3.05, 3.63) is 60.3 Å². The van der Waals surface area contributed by atoms with Gasteiger partial charge in [0.25, 0.3) is 5.91 Å². The molecule has 0 radical (unpaired) electrons. The average molecular weight is 583 g/mol. The smallest absolute Gasteiger partial charge is 0.256 e. The maximum Gasteiger partial charge on any atom is 0.256 e. The molecule has 0 saturated carbocycles. The molecule has 1 aromatic carbocycles. The highest BCUT2D eigenvalue weighted by molar-refractivity contribution is 6.04. The lowest BCUT2D eigenvalue weighted by molar-refractivity contribution is 0.102. The normalized spacial score (nSPS) is 16.9. The number of fused-ring (bicyclic) bond motifs is 1. The molecule has 0 bridgehead atoms. The summed E-state index contributed by atoms with van der Waals surface area (Å²) in [6.45, 7) is 14.9. The van der Waals surface area contributed by atoms with Gasteiger partial charge >= 0.3 is 0 Å². The maximum atomic E-state index is 13.0. The molecule has 3 aromatic heterocycles. The Hall–Kier alpha value is -4.42. The number of aromatic nitrogens is 5. The minimum atomic E-state index is -0.309. The number of rotatable bonds is 8. The van der Waals surface area contributed by atoms with E-state index in [1.807, 2.05) is 19.9 Å². The zero-order valence-electron chi connectivity index (χ0n) is 25.0. The molecule has 12 nitrogen and oxygen atoms in total. The number of carbonyl (C=O) groups is 1. The summed E-state index contributed by atoms with van der Waals surface area (Å²) in [5, 5.41) is 10.1. The summed E-state index contributed by atoms with van der Waals surface area (Å²) in [6.07, 6.45) is 5.81. The molecule has 2 aliphatic rings. The zero-order valence-corrected chi connectivity index (χ0v) is 25.0. The number of hydrogen-bond donors (Lipinski definition) is 2. The van der Waals surface area contributed by atoms with Crippen LogP contribution in [0, 0.1) is 12.8 Å². The first kappa shape index (κ1) is 28.7. The molecule has 6 rings (SSSR count). The Labute approximate surface area is 251 Å². The van der Waals surface area contributed by atoms with E-state index in [0.717, 1.165) is 48.9 Å². The van der Waals surface area contributed by atoms with Crippen LogP contribution in [0.4, 0.5) is 23.3 Å². The Morgan fingerprint density at radius 1 is 1.07 bits per heavy atom. The molecule has 12 heteroatoms. The Kier molecular flexibility index (Phi) is 8.30. The molecule has 1 amide bonds. The number of benzene rings is 1. The van der Waals surface area contributed by atoms with E-state index in [4.69, 9.17) is 9.51 Å². The Morgan fingerprint density at radius 3 is 2.60 bits per heavy atom. The fourth-order valence-electron chi connectivity index (χ4n) is 5.58. The van der Waals surface area contributed by atoms with Crippen LogP contribution in [0.5, 0.6) is 0 Å². The lowest BCUT2D eigenvalue weighted by Gasteiger charge is -2.38. The van der Waals surface area contributed by atoms with Crippen molar-refractivity contribution >= 4 is 45.8 Å².